The van der Waals surface area contributed by atoms with Crippen molar-refractivity contribution >= 4 is 0 Å². The maximum atomic E-state index is 5.03. The molecule has 1 aliphatic heterocycles. The quantitative estimate of drug-likeness (QED) is 0.590. The first-order valence-corrected chi connectivity index (χ1v) is 3.32. The second-order valence-corrected chi connectivity index (χ2v) is 2.60. The van der Waals surface area contributed by atoms with E-state index < -0.39 is 0 Å². The second kappa shape index (κ2) is 1.81. The molecular formula is C8H9NO. The number of benzene rings is 1. The molecule has 1 aliphatic rings. The Morgan fingerprint density at radius 2 is 1.90 bits per heavy atom. The van der Waals surface area contributed by atoms with E-state index in [0.717, 1.165) is 0 Å². The van der Waals surface area contributed by atoms with Crippen molar-refractivity contribution in [3.63, 3.8) is 0 Å². The Kier molecular flexibility index (Phi) is 1.07. The highest BCUT2D eigenvalue weighted by molar-refractivity contribution is 5.22. The van der Waals surface area contributed by atoms with Gasteiger partial charge in [0.2, 0.25) is 0 Å². The molecule has 1 aromatic rings. The molecule has 1 aromatic carbocycles. The Morgan fingerprint density at radius 3 is 2.40 bits per heavy atom. The van der Waals surface area contributed by atoms with E-state index in [2.05, 4.69) is 5.48 Å². The van der Waals surface area contributed by atoms with Crippen LogP contribution in [0.4, 0.5) is 0 Å². The first-order chi connectivity index (χ1) is 4.81. The summed E-state index contributed by atoms with van der Waals surface area (Å²) in [5, 5.41) is 0. The summed E-state index contributed by atoms with van der Waals surface area (Å²) >= 11 is 0. The van der Waals surface area contributed by atoms with Crippen molar-refractivity contribution in [2.75, 3.05) is 0 Å². The molecule has 0 amide bonds. The first kappa shape index (κ1) is 5.89. The normalized spacial score (nSPS) is 30.1. The molecule has 2 rings (SSSR count). The van der Waals surface area contributed by atoms with Crippen molar-refractivity contribution in [3.05, 3.63) is 35.9 Å². The van der Waals surface area contributed by atoms with Crippen LogP contribution in [0, 0.1) is 0 Å². The third-order valence-corrected chi connectivity index (χ3v) is 1.73. The van der Waals surface area contributed by atoms with Crippen molar-refractivity contribution in [2.24, 2.45) is 0 Å². The van der Waals surface area contributed by atoms with Crippen LogP contribution in [0.2, 0.25) is 0 Å². The van der Waals surface area contributed by atoms with Gasteiger partial charge in [-0.3, -0.25) is 4.84 Å². The largest absolute Gasteiger partial charge is 0.270 e. The number of hydroxylamine groups is 1. The van der Waals surface area contributed by atoms with Crippen LogP contribution in [0.25, 0.3) is 0 Å². The van der Waals surface area contributed by atoms with Crippen molar-refractivity contribution in [1.29, 1.82) is 0 Å². The van der Waals surface area contributed by atoms with E-state index in [9.17, 15) is 0 Å². The Bertz CT molecular complexity index is 228. The number of hydrogen-bond donors (Lipinski definition) is 1. The molecule has 0 radical (unpaired) electrons. The van der Waals surface area contributed by atoms with Crippen LogP contribution in [0.3, 0.4) is 0 Å². The fourth-order valence-corrected chi connectivity index (χ4v) is 0.951. The van der Waals surface area contributed by atoms with E-state index >= 15 is 0 Å². The van der Waals surface area contributed by atoms with Crippen LogP contribution < -0.4 is 5.48 Å². The van der Waals surface area contributed by atoms with Gasteiger partial charge < -0.3 is 0 Å². The van der Waals surface area contributed by atoms with Crippen molar-refractivity contribution < 1.29 is 4.84 Å². The van der Waals surface area contributed by atoms with Crippen LogP contribution in [0.15, 0.2) is 30.3 Å². The minimum Gasteiger partial charge on any atom is -0.270 e. The summed E-state index contributed by atoms with van der Waals surface area (Å²) in [6.45, 7) is 2.00. The topological polar surface area (TPSA) is 34.5 Å². The van der Waals surface area contributed by atoms with Gasteiger partial charge in [-0.15, -0.1) is 0 Å². The molecule has 1 fully saturated rings. The highest BCUT2D eigenvalue weighted by atomic mass is 16.8. The molecule has 10 heavy (non-hydrogen) atoms. The van der Waals surface area contributed by atoms with Gasteiger partial charge in [0.15, 0.2) is 5.72 Å². The first-order valence-electron chi connectivity index (χ1n) is 3.32. The van der Waals surface area contributed by atoms with Crippen molar-refractivity contribution in [3.8, 4) is 0 Å². The van der Waals surface area contributed by atoms with Crippen LogP contribution in [0.1, 0.15) is 12.5 Å². The summed E-state index contributed by atoms with van der Waals surface area (Å²) in [6.07, 6.45) is 0. The Morgan fingerprint density at radius 1 is 1.30 bits per heavy atom. The molecule has 2 heteroatoms. The predicted molar refractivity (Wildman–Crippen MR) is 38.0 cm³/mol. The molecule has 0 aromatic heterocycles. The minimum absolute atomic E-state index is 0.207. The third kappa shape index (κ3) is 0.818. The average Bonchev–Trinajstić information content (AvgIpc) is 2.72. The highest BCUT2D eigenvalue weighted by Crippen LogP contribution is 2.30. The number of nitrogens with one attached hydrogen (secondary N) is 1. The summed E-state index contributed by atoms with van der Waals surface area (Å²) in [5.41, 5.74) is 3.80. The molecular weight excluding hydrogens is 126 g/mol. The maximum absolute atomic E-state index is 5.03. The van der Waals surface area contributed by atoms with Gasteiger partial charge in [-0.25, -0.2) is 0 Å². The average molecular weight is 135 g/mol. The lowest BCUT2D eigenvalue weighted by molar-refractivity contribution is 0.311. The van der Waals surface area contributed by atoms with E-state index in [4.69, 9.17) is 4.84 Å². The Labute approximate surface area is 59.8 Å². The number of rotatable bonds is 1. The summed E-state index contributed by atoms with van der Waals surface area (Å²) < 4.78 is 0. The lowest BCUT2D eigenvalue weighted by Crippen LogP contribution is -2.05. The monoisotopic (exact) mass is 135 g/mol. The van der Waals surface area contributed by atoms with Crippen LogP contribution in [0.5, 0.6) is 0 Å². The van der Waals surface area contributed by atoms with Crippen molar-refractivity contribution in [1.82, 2.24) is 5.48 Å². The molecule has 0 saturated carbocycles. The molecule has 0 aliphatic carbocycles. The Balaban J connectivity index is 2.35. The molecule has 0 bridgehead atoms. The van der Waals surface area contributed by atoms with Gasteiger partial charge in [-0.05, 0) is 6.92 Å². The summed E-state index contributed by atoms with van der Waals surface area (Å²) in [5.74, 6) is 0. The van der Waals surface area contributed by atoms with Gasteiger partial charge in [-0.2, -0.15) is 5.48 Å². The fraction of sp³-hybridized carbons (Fsp3) is 0.250. The maximum Gasteiger partial charge on any atom is 0.184 e. The van der Waals surface area contributed by atoms with Crippen LogP contribution >= 0.6 is 0 Å². The Hall–Kier alpha value is -0.860. The molecule has 2 nitrogen and oxygen atoms in total. The molecule has 1 atom stereocenters. The second-order valence-electron chi connectivity index (χ2n) is 2.60. The van der Waals surface area contributed by atoms with E-state index in [0.29, 0.717) is 0 Å². The fourth-order valence-electron chi connectivity index (χ4n) is 0.951. The lowest BCUT2D eigenvalue weighted by Gasteiger charge is -1.99. The standard InChI is InChI=1S/C8H9NO/c1-8(9-10-8)7-5-3-2-4-6-7/h2-6,9H,1H3. The molecule has 1 saturated heterocycles. The van der Waals surface area contributed by atoms with Crippen molar-refractivity contribution in [2.45, 2.75) is 12.6 Å². The summed E-state index contributed by atoms with van der Waals surface area (Å²) in [4.78, 5) is 5.03. The molecule has 52 valence electrons. The molecule has 1 N–H and O–H groups in total. The van der Waals surface area contributed by atoms with Gasteiger partial charge >= 0.3 is 0 Å². The van der Waals surface area contributed by atoms with E-state index in [1.54, 1.807) is 0 Å². The zero-order valence-corrected chi connectivity index (χ0v) is 5.79. The summed E-state index contributed by atoms with van der Waals surface area (Å²) in [7, 11) is 0. The summed E-state index contributed by atoms with van der Waals surface area (Å²) in [6, 6.07) is 10.1. The van der Waals surface area contributed by atoms with Gasteiger partial charge in [0, 0.05) is 5.56 Å². The molecule has 1 unspecified atom stereocenters. The van der Waals surface area contributed by atoms with Gasteiger partial charge in [-0.1, -0.05) is 30.3 Å². The zero-order chi connectivity index (χ0) is 7.03. The smallest absolute Gasteiger partial charge is 0.184 e. The molecule has 1 heterocycles. The SMILES string of the molecule is CC1(c2ccccc2)NO1. The van der Waals surface area contributed by atoms with E-state index in [-0.39, 0.29) is 5.72 Å². The lowest BCUT2D eigenvalue weighted by atomic mass is 10.1. The van der Waals surface area contributed by atoms with E-state index in [1.807, 2.05) is 37.3 Å². The van der Waals surface area contributed by atoms with E-state index in [1.165, 1.54) is 5.56 Å². The van der Waals surface area contributed by atoms with Gasteiger partial charge in [0.05, 0.1) is 0 Å². The predicted octanol–water partition coefficient (Wildman–Crippen LogP) is 1.39. The van der Waals surface area contributed by atoms with Crippen LogP contribution in [-0.2, 0) is 10.6 Å². The van der Waals surface area contributed by atoms with Crippen LogP contribution in [-0.4, -0.2) is 0 Å². The minimum atomic E-state index is -0.207. The van der Waals surface area contributed by atoms with Gasteiger partial charge in [0.25, 0.3) is 0 Å². The molecule has 0 spiro atoms. The number of hydrogen-bond acceptors (Lipinski definition) is 2. The van der Waals surface area contributed by atoms with Gasteiger partial charge in [0.1, 0.15) is 0 Å². The highest BCUT2D eigenvalue weighted by Gasteiger charge is 2.40. The third-order valence-electron chi connectivity index (χ3n) is 1.73. The zero-order valence-electron chi connectivity index (χ0n) is 5.79.